The van der Waals surface area contributed by atoms with Crippen LogP contribution in [0.1, 0.15) is 29.5 Å². The van der Waals surface area contributed by atoms with E-state index in [9.17, 15) is 4.79 Å². The fraction of sp³-hybridized carbons (Fsp3) is 0.179. The maximum Gasteiger partial charge on any atom is 0.248 e. The lowest BCUT2D eigenvalue weighted by atomic mass is 9.94. The second kappa shape index (κ2) is 9.51. The van der Waals surface area contributed by atoms with E-state index >= 15 is 0 Å². The van der Waals surface area contributed by atoms with Crippen molar-refractivity contribution in [2.75, 3.05) is 25.1 Å². The largest absolute Gasteiger partial charge is 0.494 e. The van der Waals surface area contributed by atoms with Crippen molar-refractivity contribution in [3.8, 4) is 5.75 Å². The van der Waals surface area contributed by atoms with Gasteiger partial charge in [0.05, 0.1) is 18.0 Å². The van der Waals surface area contributed by atoms with Gasteiger partial charge >= 0.3 is 0 Å². The number of halogens is 1. The van der Waals surface area contributed by atoms with E-state index in [0.717, 1.165) is 28.0 Å². The van der Waals surface area contributed by atoms with Gasteiger partial charge in [-0.25, -0.2) is 4.98 Å². The lowest BCUT2D eigenvalue weighted by molar-refractivity contribution is -0.118. The first kappa shape index (κ1) is 23.6. The molecule has 1 aliphatic heterocycles. The molecule has 0 atom stereocenters. The molecular weight excluding hydrogens is 476 g/mol. The first-order valence-electron chi connectivity index (χ1n) is 11.6. The fourth-order valence-electron chi connectivity index (χ4n) is 4.19. The molecule has 182 valence electrons. The van der Waals surface area contributed by atoms with Crippen LogP contribution in [-0.4, -0.2) is 41.8 Å². The summed E-state index contributed by atoms with van der Waals surface area (Å²) in [5, 5.41) is 7.07. The molecule has 1 amide bonds. The number of likely N-dealkylation sites (N-methyl/N-ethyl adjacent to an activating group) is 1. The van der Waals surface area contributed by atoms with Crippen LogP contribution >= 0.6 is 11.6 Å². The molecule has 0 bridgehead atoms. The molecular formula is C28H25ClN4O3. The van der Waals surface area contributed by atoms with Crippen LogP contribution in [0.3, 0.4) is 0 Å². The molecule has 0 saturated carbocycles. The van der Waals surface area contributed by atoms with E-state index in [-0.39, 0.29) is 12.5 Å². The number of ether oxygens (including phenoxy) is 1. The maximum atomic E-state index is 13.4. The molecule has 3 aromatic carbocycles. The van der Waals surface area contributed by atoms with E-state index in [1.807, 2.05) is 67.6 Å². The summed E-state index contributed by atoms with van der Waals surface area (Å²) in [6.07, 6.45) is 0. The van der Waals surface area contributed by atoms with Crippen molar-refractivity contribution in [3.05, 3.63) is 94.8 Å². The Morgan fingerprint density at radius 1 is 1.14 bits per heavy atom. The number of oxazole rings is 1. The van der Waals surface area contributed by atoms with E-state index in [1.165, 1.54) is 0 Å². The van der Waals surface area contributed by atoms with Gasteiger partial charge in [0.25, 0.3) is 0 Å². The molecule has 0 radical (unpaired) electrons. The van der Waals surface area contributed by atoms with Gasteiger partial charge < -0.3 is 14.1 Å². The third kappa shape index (κ3) is 4.45. The molecule has 36 heavy (non-hydrogen) atoms. The highest BCUT2D eigenvalue weighted by Crippen LogP contribution is 2.33. The first-order valence-corrected chi connectivity index (χ1v) is 11.9. The number of hydrogen-bond donors (Lipinski definition) is 0. The van der Waals surface area contributed by atoms with Crippen LogP contribution in [0.25, 0.3) is 16.8 Å². The number of aryl methyl sites for hydroxylation is 1. The van der Waals surface area contributed by atoms with Gasteiger partial charge in [-0.1, -0.05) is 30.3 Å². The van der Waals surface area contributed by atoms with Gasteiger partial charge in [-0.3, -0.25) is 9.80 Å². The average molecular weight is 501 g/mol. The molecule has 5 rings (SSSR count). The summed E-state index contributed by atoms with van der Waals surface area (Å²) in [5.41, 5.74) is 5.98. The van der Waals surface area contributed by atoms with Gasteiger partial charge in [0.2, 0.25) is 5.91 Å². The Kier molecular flexibility index (Phi) is 6.24. The minimum atomic E-state index is -0.162. The summed E-state index contributed by atoms with van der Waals surface area (Å²) in [5.74, 6) is 1.14. The normalized spacial score (nSPS) is 12.9. The summed E-state index contributed by atoms with van der Waals surface area (Å²) in [6.45, 7) is 8.52. The monoisotopic (exact) mass is 500 g/mol. The van der Waals surface area contributed by atoms with E-state index in [4.69, 9.17) is 25.9 Å². The molecule has 8 heteroatoms. The predicted molar refractivity (Wildman–Crippen MR) is 143 cm³/mol. The van der Waals surface area contributed by atoms with Crippen molar-refractivity contribution in [3.63, 3.8) is 0 Å². The molecule has 0 N–H and O–H groups in total. The molecule has 0 unspecified atom stereocenters. The summed E-state index contributed by atoms with van der Waals surface area (Å²) >= 11 is 6.28. The van der Waals surface area contributed by atoms with Crippen LogP contribution in [0, 0.1) is 6.92 Å². The van der Waals surface area contributed by atoms with Crippen molar-refractivity contribution >= 4 is 45.7 Å². The Bertz CT molecular complexity index is 1520. The molecule has 4 aromatic rings. The van der Waals surface area contributed by atoms with Gasteiger partial charge in [0.15, 0.2) is 11.5 Å². The van der Waals surface area contributed by atoms with Crippen LogP contribution < -0.4 is 9.64 Å². The minimum Gasteiger partial charge on any atom is -0.494 e. The molecule has 0 aliphatic carbocycles. The van der Waals surface area contributed by atoms with E-state index in [0.29, 0.717) is 40.2 Å². The fourth-order valence-corrected chi connectivity index (χ4v) is 4.38. The predicted octanol–water partition coefficient (Wildman–Crippen LogP) is 5.89. The molecule has 2 heterocycles. The second-order valence-electron chi connectivity index (χ2n) is 8.44. The van der Waals surface area contributed by atoms with Crippen LogP contribution in [0.15, 0.2) is 76.8 Å². The maximum absolute atomic E-state index is 13.4. The number of anilines is 1. The molecule has 0 spiro atoms. The van der Waals surface area contributed by atoms with Crippen molar-refractivity contribution < 1.29 is 13.9 Å². The Hall–Kier alpha value is -4.10. The zero-order valence-corrected chi connectivity index (χ0v) is 21.0. The van der Waals surface area contributed by atoms with Gasteiger partial charge in [0.1, 0.15) is 17.8 Å². The number of hydrogen-bond acceptors (Lipinski definition) is 6. The Balaban J connectivity index is 1.49. The lowest BCUT2D eigenvalue weighted by Crippen LogP contribution is -2.37. The minimum absolute atomic E-state index is 0.00876. The van der Waals surface area contributed by atoms with Crippen molar-refractivity contribution in [1.29, 1.82) is 0 Å². The number of rotatable bonds is 6. The Morgan fingerprint density at radius 2 is 1.97 bits per heavy atom. The summed E-state index contributed by atoms with van der Waals surface area (Å²) < 4.78 is 11.3. The van der Waals surface area contributed by atoms with Gasteiger partial charge in [-0.2, -0.15) is 5.10 Å². The number of carbonyl (C=O) groups is 1. The third-order valence-corrected chi connectivity index (χ3v) is 6.26. The second-order valence-corrected chi connectivity index (χ2v) is 8.88. The Labute approximate surface area is 214 Å². The zero-order valence-electron chi connectivity index (χ0n) is 20.3. The van der Waals surface area contributed by atoms with Gasteiger partial charge in [-0.15, -0.1) is 0 Å². The molecule has 1 aliphatic rings. The van der Waals surface area contributed by atoms with Crippen molar-refractivity contribution in [2.24, 2.45) is 5.10 Å². The van der Waals surface area contributed by atoms with Crippen molar-refractivity contribution in [1.82, 2.24) is 9.99 Å². The number of fused-ring (bicyclic) bond motifs is 2. The van der Waals surface area contributed by atoms with Crippen molar-refractivity contribution in [2.45, 2.75) is 13.8 Å². The summed E-state index contributed by atoms with van der Waals surface area (Å²) in [4.78, 5) is 19.3. The summed E-state index contributed by atoms with van der Waals surface area (Å²) in [7, 11) is 1.72. The number of aromatic nitrogens is 1. The number of nitrogens with zero attached hydrogens (tertiary/aromatic N) is 4. The molecule has 0 saturated heterocycles. The van der Waals surface area contributed by atoms with E-state index in [2.05, 4.69) is 11.6 Å². The lowest BCUT2D eigenvalue weighted by Gasteiger charge is -2.30. The van der Waals surface area contributed by atoms with E-state index in [1.54, 1.807) is 23.9 Å². The van der Waals surface area contributed by atoms with E-state index < -0.39 is 0 Å². The molecule has 1 aromatic heterocycles. The number of hydrazone groups is 1. The smallest absolute Gasteiger partial charge is 0.248 e. The van der Waals surface area contributed by atoms with Crippen LogP contribution in [0.4, 0.5) is 5.69 Å². The Morgan fingerprint density at radius 3 is 2.75 bits per heavy atom. The molecule has 0 fully saturated rings. The molecule has 7 nitrogen and oxygen atoms in total. The topological polar surface area (TPSA) is 71.2 Å². The van der Waals surface area contributed by atoms with Gasteiger partial charge in [0, 0.05) is 47.4 Å². The third-order valence-electron chi connectivity index (χ3n) is 6.02. The highest BCUT2D eigenvalue weighted by atomic mass is 35.5. The highest BCUT2D eigenvalue weighted by Gasteiger charge is 2.27. The summed E-state index contributed by atoms with van der Waals surface area (Å²) in [6, 6.07) is 18.8. The van der Waals surface area contributed by atoms with Crippen LogP contribution in [0.5, 0.6) is 5.75 Å². The zero-order chi connectivity index (χ0) is 25.4. The van der Waals surface area contributed by atoms with Crippen LogP contribution in [-0.2, 0) is 4.79 Å². The average Bonchev–Trinajstić information content (AvgIpc) is 3.24. The SMILES string of the molecule is C=C1c2cc(OCC)ccc2C(c2cccc(Cl)c2)=NN1CC(=O)N(C)c1ccc2nc(C)oc2c1. The first-order chi connectivity index (χ1) is 17.3. The number of benzene rings is 3. The van der Waals surface area contributed by atoms with Gasteiger partial charge in [-0.05, 0) is 49.4 Å². The number of carbonyl (C=O) groups excluding carboxylic acids is 1. The highest BCUT2D eigenvalue weighted by molar-refractivity contribution is 6.31. The van der Waals surface area contributed by atoms with Crippen LogP contribution in [0.2, 0.25) is 5.02 Å². The number of amides is 1. The standard InChI is InChI=1S/C28H25ClN4O3/c1-5-35-22-10-11-23-24(15-22)17(2)33(31-28(23)19-7-6-8-20(29)13-19)16-27(34)32(4)21-9-12-25-26(14-21)36-18(3)30-25/h6-15H,2,5,16H2,1,3-4H3. The quantitative estimate of drug-likeness (QED) is 0.330.